The van der Waals surface area contributed by atoms with Crippen molar-refractivity contribution in [2.24, 2.45) is 0 Å². The molecule has 0 unspecified atom stereocenters. The number of carbonyl (C=O) groups excluding carboxylic acids is 1. The van der Waals surface area contributed by atoms with Crippen LogP contribution in [-0.4, -0.2) is 17.0 Å². The van der Waals surface area contributed by atoms with Gasteiger partial charge in [0.1, 0.15) is 5.00 Å². The Balaban J connectivity index is 1.95. The van der Waals surface area contributed by atoms with Gasteiger partial charge in [-0.05, 0) is 23.1 Å². The number of hydrogen-bond acceptors (Lipinski definition) is 4. The predicted molar refractivity (Wildman–Crippen MR) is 89.0 cm³/mol. The molecule has 0 aliphatic heterocycles. The van der Waals surface area contributed by atoms with Crippen LogP contribution < -0.4 is 5.32 Å². The van der Waals surface area contributed by atoms with Gasteiger partial charge in [-0.3, -0.25) is 4.79 Å². The van der Waals surface area contributed by atoms with Gasteiger partial charge >= 0.3 is 5.97 Å². The van der Waals surface area contributed by atoms with Gasteiger partial charge in [-0.1, -0.05) is 36.4 Å². The second-order valence-corrected chi connectivity index (χ2v) is 6.46. The number of hydrogen-bond donors (Lipinski definition) is 2. The number of carbonyl (C=O) groups is 2. The predicted octanol–water partition coefficient (Wildman–Crippen LogP) is 4.43. The number of rotatable bonds is 4. The van der Waals surface area contributed by atoms with E-state index in [-0.39, 0.29) is 11.5 Å². The third-order valence-electron chi connectivity index (χ3n) is 2.99. The molecule has 0 bridgehead atoms. The minimum absolute atomic E-state index is 0.105. The summed E-state index contributed by atoms with van der Waals surface area (Å²) in [5.74, 6) is -1.35. The highest BCUT2D eigenvalue weighted by Crippen LogP contribution is 2.35. The van der Waals surface area contributed by atoms with Crippen molar-refractivity contribution in [2.75, 3.05) is 5.32 Å². The molecular weight excluding hydrogens is 318 g/mol. The fourth-order valence-electron chi connectivity index (χ4n) is 1.96. The van der Waals surface area contributed by atoms with E-state index in [1.54, 1.807) is 23.6 Å². The molecule has 0 spiro atoms. The van der Waals surface area contributed by atoms with Gasteiger partial charge in [0, 0.05) is 4.88 Å². The molecule has 0 atom stereocenters. The van der Waals surface area contributed by atoms with E-state index in [4.69, 9.17) is 0 Å². The Bertz CT molecular complexity index is 807. The van der Waals surface area contributed by atoms with Gasteiger partial charge in [0.15, 0.2) is 0 Å². The molecular formula is C16H11NO3S2. The van der Waals surface area contributed by atoms with E-state index in [2.05, 4.69) is 5.32 Å². The van der Waals surface area contributed by atoms with Crippen molar-refractivity contribution in [2.45, 2.75) is 0 Å². The highest BCUT2D eigenvalue weighted by molar-refractivity contribution is 7.20. The van der Waals surface area contributed by atoms with Gasteiger partial charge in [0.25, 0.3) is 5.91 Å². The maximum atomic E-state index is 12.1. The zero-order chi connectivity index (χ0) is 15.5. The molecule has 22 heavy (non-hydrogen) atoms. The van der Waals surface area contributed by atoms with Gasteiger partial charge in [-0.2, -0.15) is 0 Å². The van der Waals surface area contributed by atoms with E-state index in [1.165, 1.54) is 22.7 Å². The quantitative estimate of drug-likeness (QED) is 0.744. The molecule has 0 saturated carbocycles. The van der Waals surface area contributed by atoms with Gasteiger partial charge in [-0.25, -0.2) is 4.79 Å². The molecule has 110 valence electrons. The van der Waals surface area contributed by atoms with Crippen LogP contribution in [0.4, 0.5) is 5.00 Å². The lowest BCUT2D eigenvalue weighted by atomic mass is 10.1. The van der Waals surface area contributed by atoms with E-state index in [0.29, 0.717) is 9.88 Å². The van der Waals surface area contributed by atoms with Crippen LogP contribution in [0, 0.1) is 0 Å². The summed E-state index contributed by atoms with van der Waals surface area (Å²) in [4.78, 5) is 24.9. The third-order valence-corrected chi connectivity index (χ3v) is 4.96. The van der Waals surface area contributed by atoms with Crippen LogP contribution in [0.25, 0.3) is 10.4 Å². The number of aromatic carboxylic acids is 1. The number of thiophene rings is 2. The van der Waals surface area contributed by atoms with E-state index in [9.17, 15) is 14.7 Å². The molecule has 2 heterocycles. The summed E-state index contributed by atoms with van der Waals surface area (Å²) in [5, 5.41) is 14.2. The van der Waals surface area contributed by atoms with Crippen LogP contribution in [-0.2, 0) is 0 Å². The van der Waals surface area contributed by atoms with Crippen molar-refractivity contribution in [3.8, 4) is 10.4 Å². The van der Waals surface area contributed by atoms with Crippen molar-refractivity contribution in [3.63, 3.8) is 0 Å². The molecule has 2 N–H and O–H groups in total. The standard InChI is InChI=1S/C16H11NO3S2/c18-14(12-7-4-8-21-12)17-15-11(16(19)20)9-13(22-15)10-5-2-1-3-6-10/h1-9H,(H,17,18)(H,19,20). The summed E-state index contributed by atoms with van der Waals surface area (Å²) in [6, 6.07) is 14.6. The summed E-state index contributed by atoms with van der Waals surface area (Å²) in [5.41, 5.74) is 1.03. The average Bonchev–Trinajstić information content (AvgIpc) is 3.17. The summed E-state index contributed by atoms with van der Waals surface area (Å²) in [6.45, 7) is 0. The first-order valence-corrected chi connectivity index (χ1v) is 8.12. The Hall–Kier alpha value is -2.44. The Morgan fingerprint density at radius 1 is 1.05 bits per heavy atom. The Morgan fingerprint density at radius 3 is 2.45 bits per heavy atom. The summed E-state index contributed by atoms with van der Waals surface area (Å²) in [7, 11) is 0. The maximum absolute atomic E-state index is 12.1. The molecule has 0 saturated heterocycles. The Kier molecular flexibility index (Phi) is 4.04. The number of carboxylic acid groups (broad SMARTS) is 1. The third kappa shape index (κ3) is 2.93. The molecule has 3 rings (SSSR count). The lowest BCUT2D eigenvalue weighted by Crippen LogP contribution is -2.11. The van der Waals surface area contributed by atoms with Crippen molar-refractivity contribution in [1.29, 1.82) is 0 Å². The highest BCUT2D eigenvalue weighted by Gasteiger charge is 2.19. The van der Waals surface area contributed by atoms with Gasteiger partial charge < -0.3 is 10.4 Å². The first kappa shape index (κ1) is 14.5. The molecule has 0 fully saturated rings. The summed E-state index contributed by atoms with van der Waals surface area (Å²) < 4.78 is 0. The van der Waals surface area contributed by atoms with Gasteiger partial charge in [0.2, 0.25) is 0 Å². The minimum atomic E-state index is -1.06. The number of benzene rings is 1. The van der Waals surface area contributed by atoms with E-state index < -0.39 is 5.97 Å². The zero-order valence-corrected chi connectivity index (χ0v) is 12.9. The van der Waals surface area contributed by atoms with Crippen molar-refractivity contribution in [3.05, 3.63) is 64.4 Å². The molecule has 1 aromatic carbocycles. The normalized spacial score (nSPS) is 10.4. The fourth-order valence-corrected chi connectivity index (χ4v) is 3.63. The van der Waals surface area contributed by atoms with Gasteiger partial charge in [0.05, 0.1) is 10.4 Å². The Labute approximate surface area is 134 Å². The molecule has 4 nitrogen and oxygen atoms in total. The zero-order valence-electron chi connectivity index (χ0n) is 11.3. The van der Waals surface area contributed by atoms with Crippen LogP contribution in [0.1, 0.15) is 20.0 Å². The van der Waals surface area contributed by atoms with E-state index in [0.717, 1.165) is 10.4 Å². The van der Waals surface area contributed by atoms with E-state index >= 15 is 0 Å². The average molecular weight is 329 g/mol. The molecule has 2 aromatic heterocycles. The maximum Gasteiger partial charge on any atom is 0.338 e. The van der Waals surface area contributed by atoms with Crippen LogP contribution >= 0.6 is 22.7 Å². The molecule has 0 aliphatic rings. The summed E-state index contributed by atoms with van der Waals surface area (Å²) >= 11 is 2.57. The van der Waals surface area contributed by atoms with Crippen LogP contribution in [0.2, 0.25) is 0 Å². The largest absolute Gasteiger partial charge is 0.478 e. The number of nitrogens with one attached hydrogen (secondary N) is 1. The van der Waals surface area contributed by atoms with Crippen LogP contribution in [0.5, 0.6) is 0 Å². The highest BCUT2D eigenvalue weighted by atomic mass is 32.1. The minimum Gasteiger partial charge on any atom is -0.478 e. The number of anilines is 1. The fraction of sp³-hybridized carbons (Fsp3) is 0. The van der Waals surface area contributed by atoms with Crippen molar-refractivity contribution < 1.29 is 14.7 Å². The molecule has 0 aliphatic carbocycles. The second-order valence-electron chi connectivity index (χ2n) is 4.46. The van der Waals surface area contributed by atoms with Gasteiger partial charge in [-0.15, -0.1) is 22.7 Å². The second kappa shape index (κ2) is 6.13. The van der Waals surface area contributed by atoms with Crippen molar-refractivity contribution in [1.82, 2.24) is 0 Å². The topological polar surface area (TPSA) is 66.4 Å². The smallest absolute Gasteiger partial charge is 0.338 e. The number of amides is 1. The SMILES string of the molecule is O=C(Nc1sc(-c2ccccc2)cc1C(=O)O)c1cccs1. The lowest BCUT2D eigenvalue weighted by Gasteiger charge is -2.01. The first-order valence-electron chi connectivity index (χ1n) is 6.42. The molecule has 1 amide bonds. The summed E-state index contributed by atoms with van der Waals surface area (Å²) in [6.07, 6.45) is 0. The van der Waals surface area contributed by atoms with E-state index in [1.807, 2.05) is 30.3 Å². The Morgan fingerprint density at radius 2 is 1.82 bits per heavy atom. The monoisotopic (exact) mass is 329 g/mol. The molecule has 6 heteroatoms. The molecule has 3 aromatic rings. The molecule has 0 radical (unpaired) electrons. The number of carboxylic acids is 1. The van der Waals surface area contributed by atoms with Crippen molar-refractivity contribution >= 4 is 39.6 Å². The lowest BCUT2D eigenvalue weighted by molar-refractivity contribution is 0.0698. The first-order chi connectivity index (χ1) is 10.6. The van der Waals surface area contributed by atoms with Crippen LogP contribution in [0.15, 0.2) is 53.9 Å². The van der Waals surface area contributed by atoms with Crippen LogP contribution in [0.3, 0.4) is 0 Å².